The molecule has 28 heavy (non-hydrogen) atoms. The molecule has 0 bridgehead atoms. The zero-order valence-electron chi connectivity index (χ0n) is 14.4. The molecule has 1 heterocycles. The summed E-state index contributed by atoms with van der Waals surface area (Å²) >= 11 is 0. The highest BCUT2D eigenvalue weighted by Gasteiger charge is 2.46. The molecule has 3 rings (SSSR count). The summed E-state index contributed by atoms with van der Waals surface area (Å²) in [6.07, 6.45) is 0. The number of amides is 1. The predicted octanol–water partition coefficient (Wildman–Crippen LogP) is 2.15. The van der Waals surface area contributed by atoms with Crippen molar-refractivity contribution in [2.75, 3.05) is 13.2 Å². The normalized spacial score (nSPS) is 18.5. The second kappa shape index (κ2) is 7.57. The number of halogens is 1. The maximum Gasteiger partial charge on any atom is 0.295 e. The topological polar surface area (TPSA) is 121 Å². The van der Waals surface area contributed by atoms with Gasteiger partial charge < -0.3 is 15.1 Å². The van der Waals surface area contributed by atoms with Crippen LogP contribution in [0, 0.1) is 15.9 Å². The fourth-order valence-corrected chi connectivity index (χ4v) is 3.14. The molecule has 144 valence electrons. The number of carbonyl (C=O) groups is 2. The Balaban J connectivity index is 2.18. The first-order chi connectivity index (χ1) is 13.4. The van der Waals surface area contributed by atoms with Crippen LogP contribution in [0.25, 0.3) is 5.76 Å². The monoisotopic (exact) mass is 386 g/mol. The number of carbonyl (C=O) groups excluding carboxylic acids is 2. The van der Waals surface area contributed by atoms with Gasteiger partial charge in [0.2, 0.25) is 0 Å². The summed E-state index contributed by atoms with van der Waals surface area (Å²) in [5.41, 5.74) is -0.520. The van der Waals surface area contributed by atoms with E-state index in [1.165, 1.54) is 30.3 Å². The predicted molar refractivity (Wildman–Crippen MR) is 95.6 cm³/mol. The van der Waals surface area contributed by atoms with Crippen molar-refractivity contribution >= 4 is 23.1 Å². The van der Waals surface area contributed by atoms with Crippen LogP contribution in [0.3, 0.4) is 0 Å². The minimum Gasteiger partial charge on any atom is -0.507 e. The fourth-order valence-electron chi connectivity index (χ4n) is 3.14. The molecule has 0 spiro atoms. The molecule has 0 aromatic heterocycles. The molecule has 1 saturated heterocycles. The number of β-amino-alcohol motifs (C(OH)–C–C–N with tert-alkyl or cyclic N) is 1. The Morgan fingerprint density at radius 3 is 2.36 bits per heavy atom. The van der Waals surface area contributed by atoms with E-state index in [1.807, 2.05) is 0 Å². The Labute approximate surface area is 158 Å². The van der Waals surface area contributed by atoms with Gasteiger partial charge in [-0.3, -0.25) is 19.7 Å². The van der Waals surface area contributed by atoms with Gasteiger partial charge in [0.15, 0.2) is 0 Å². The van der Waals surface area contributed by atoms with Crippen molar-refractivity contribution in [3.05, 3.63) is 81.2 Å². The lowest BCUT2D eigenvalue weighted by molar-refractivity contribution is -0.384. The lowest BCUT2D eigenvalue weighted by Crippen LogP contribution is -2.32. The molecule has 1 atom stereocenters. The quantitative estimate of drug-likeness (QED) is 0.267. The molecule has 1 fully saturated rings. The molecule has 1 unspecified atom stereocenters. The van der Waals surface area contributed by atoms with Crippen LogP contribution in [0.15, 0.2) is 54.1 Å². The van der Waals surface area contributed by atoms with Crippen molar-refractivity contribution in [3.8, 4) is 0 Å². The molecular weight excluding hydrogens is 371 g/mol. The van der Waals surface area contributed by atoms with Crippen LogP contribution in [0.5, 0.6) is 0 Å². The summed E-state index contributed by atoms with van der Waals surface area (Å²) in [5.74, 6) is -3.28. The van der Waals surface area contributed by atoms with E-state index >= 15 is 0 Å². The zero-order valence-corrected chi connectivity index (χ0v) is 14.4. The zero-order chi connectivity index (χ0) is 20.4. The highest BCUT2D eigenvalue weighted by atomic mass is 19.1. The maximum absolute atomic E-state index is 14.4. The summed E-state index contributed by atoms with van der Waals surface area (Å²) in [7, 11) is 0. The van der Waals surface area contributed by atoms with Crippen LogP contribution in [0.2, 0.25) is 0 Å². The number of non-ortho nitro benzene ring substituents is 1. The first-order valence-electron chi connectivity index (χ1n) is 8.25. The summed E-state index contributed by atoms with van der Waals surface area (Å²) in [6, 6.07) is 8.98. The maximum atomic E-state index is 14.4. The highest BCUT2D eigenvalue weighted by molar-refractivity contribution is 6.46. The van der Waals surface area contributed by atoms with Crippen molar-refractivity contribution in [2.45, 2.75) is 6.04 Å². The fraction of sp³-hybridized carbons (Fsp3) is 0.158. The second-order valence-electron chi connectivity index (χ2n) is 6.04. The summed E-state index contributed by atoms with van der Waals surface area (Å²) in [4.78, 5) is 36.1. The number of benzene rings is 2. The molecule has 2 aromatic rings. The SMILES string of the molecule is O=C1C(=O)N(CCO)C(c2ccccc2F)/C1=C(/O)c1ccc([N+](=O)[O-])cc1. The number of nitro groups is 1. The van der Waals surface area contributed by atoms with E-state index < -0.39 is 40.8 Å². The molecule has 0 radical (unpaired) electrons. The van der Waals surface area contributed by atoms with Gasteiger partial charge in [-0.25, -0.2) is 4.39 Å². The summed E-state index contributed by atoms with van der Waals surface area (Å²) in [5, 5.41) is 30.7. The number of hydrogen-bond acceptors (Lipinski definition) is 6. The van der Waals surface area contributed by atoms with E-state index in [1.54, 1.807) is 0 Å². The van der Waals surface area contributed by atoms with Gasteiger partial charge in [0.1, 0.15) is 11.6 Å². The molecule has 9 heteroatoms. The van der Waals surface area contributed by atoms with Crippen LogP contribution in [-0.2, 0) is 9.59 Å². The third kappa shape index (κ3) is 3.23. The Bertz CT molecular complexity index is 986. The number of hydrogen-bond donors (Lipinski definition) is 2. The van der Waals surface area contributed by atoms with Crippen LogP contribution in [-0.4, -0.2) is 44.9 Å². The number of ketones is 1. The van der Waals surface area contributed by atoms with Gasteiger partial charge in [0.25, 0.3) is 17.4 Å². The largest absolute Gasteiger partial charge is 0.507 e. The first kappa shape index (κ1) is 19.2. The third-order valence-corrected chi connectivity index (χ3v) is 4.43. The Kier molecular flexibility index (Phi) is 5.18. The van der Waals surface area contributed by atoms with Crippen molar-refractivity contribution < 1.29 is 29.1 Å². The van der Waals surface area contributed by atoms with Gasteiger partial charge in [0, 0.05) is 29.8 Å². The standard InChI is InChI=1S/C19H15FN2O6/c20-14-4-2-1-3-13(14)16-15(18(25)19(26)21(16)9-10-23)17(24)11-5-7-12(8-6-11)22(27)28/h1-8,16,23-24H,9-10H2/b17-15-. The average Bonchev–Trinajstić information content (AvgIpc) is 2.93. The number of nitrogens with zero attached hydrogens (tertiary/aromatic N) is 2. The second-order valence-corrected chi connectivity index (χ2v) is 6.04. The van der Waals surface area contributed by atoms with Gasteiger partial charge >= 0.3 is 0 Å². The van der Waals surface area contributed by atoms with E-state index in [0.717, 1.165) is 23.1 Å². The molecule has 2 N–H and O–H groups in total. The number of likely N-dealkylation sites (tertiary alicyclic amines) is 1. The van der Waals surface area contributed by atoms with Crippen LogP contribution >= 0.6 is 0 Å². The van der Waals surface area contributed by atoms with Gasteiger partial charge in [-0.05, 0) is 18.2 Å². The highest BCUT2D eigenvalue weighted by Crippen LogP contribution is 2.40. The molecule has 2 aromatic carbocycles. The van der Waals surface area contributed by atoms with E-state index in [4.69, 9.17) is 0 Å². The number of rotatable bonds is 5. The molecule has 1 amide bonds. The lowest BCUT2D eigenvalue weighted by Gasteiger charge is -2.24. The summed E-state index contributed by atoms with van der Waals surface area (Å²) in [6.45, 7) is -0.698. The van der Waals surface area contributed by atoms with Crippen LogP contribution in [0.1, 0.15) is 17.2 Å². The Morgan fingerprint density at radius 1 is 1.14 bits per heavy atom. The van der Waals surface area contributed by atoms with Crippen LogP contribution < -0.4 is 0 Å². The van der Waals surface area contributed by atoms with Gasteiger partial charge in [-0.1, -0.05) is 18.2 Å². The van der Waals surface area contributed by atoms with Crippen LogP contribution in [0.4, 0.5) is 10.1 Å². The van der Waals surface area contributed by atoms with E-state index in [2.05, 4.69) is 0 Å². The molecular formula is C19H15FN2O6. The number of nitro benzene ring substituents is 1. The van der Waals surface area contributed by atoms with Crippen molar-refractivity contribution in [3.63, 3.8) is 0 Å². The number of aliphatic hydroxyl groups excluding tert-OH is 2. The van der Waals surface area contributed by atoms with Gasteiger partial charge in [0.05, 0.1) is 23.1 Å². The van der Waals surface area contributed by atoms with E-state index in [0.29, 0.717) is 0 Å². The van der Waals surface area contributed by atoms with E-state index in [9.17, 15) is 34.3 Å². The third-order valence-electron chi connectivity index (χ3n) is 4.43. The minimum atomic E-state index is -1.23. The smallest absolute Gasteiger partial charge is 0.295 e. The van der Waals surface area contributed by atoms with E-state index in [-0.39, 0.29) is 28.9 Å². The molecule has 0 saturated carbocycles. The van der Waals surface area contributed by atoms with Gasteiger partial charge in [-0.2, -0.15) is 0 Å². The Morgan fingerprint density at radius 2 is 1.79 bits per heavy atom. The molecule has 1 aliphatic heterocycles. The molecule has 1 aliphatic rings. The minimum absolute atomic E-state index is 0.0152. The first-order valence-corrected chi connectivity index (χ1v) is 8.25. The lowest BCUT2D eigenvalue weighted by atomic mass is 9.95. The number of aliphatic hydroxyl groups is 2. The molecule has 8 nitrogen and oxygen atoms in total. The summed E-state index contributed by atoms with van der Waals surface area (Å²) < 4.78 is 14.4. The van der Waals surface area contributed by atoms with Crippen molar-refractivity contribution in [1.29, 1.82) is 0 Å². The van der Waals surface area contributed by atoms with Gasteiger partial charge in [-0.15, -0.1) is 0 Å². The van der Waals surface area contributed by atoms with Crippen molar-refractivity contribution in [1.82, 2.24) is 4.90 Å². The molecule has 0 aliphatic carbocycles. The average molecular weight is 386 g/mol. The number of Topliss-reactive ketones (excluding diaryl/α,β-unsaturated/α-hetero) is 1. The Hall–Kier alpha value is -3.59. The van der Waals surface area contributed by atoms with Crippen molar-refractivity contribution in [2.24, 2.45) is 0 Å².